The summed E-state index contributed by atoms with van der Waals surface area (Å²) in [6.45, 7) is 14.1. The number of imidazole rings is 1. The van der Waals surface area contributed by atoms with Crippen molar-refractivity contribution in [1.82, 2.24) is 39.7 Å². The molecule has 1 aromatic carbocycles. The number of aryl methyl sites for hydroxylation is 1. The van der Waals surface area contributed by atoms with E-state index in [1.54, 1.807) is 82.3 Å². The van der Waals surface area contributed by atoms with Crippen LogP contribution >= 0.6 is 22.6 Å². The number of benzene rings is 1. The lowest BCUT2D eigenvalue weighted by Crippen LogP contribution is -2.62. The van der Waals surface area contributed by atoms with Gasteiger partial charge in [-0.25, -0.2) is 18.1 Å². The van der Waals surface area contributed by atoms with Crippen molar-refractivity contribution < 1.29 is 56.4 Å². The number of aromatic nitrogens is 6. The normalized spacial score (nSPS) is 30.7. The molecule has 0 amide bonds. The number of sulfone groups is 1. The Hall–Kier alpha value is -4.56. The minimum atomic E-state index is -3.32. The number of aliphatic hydroxyl groups is 1. The van der Waals surface area contributed by atoms with Crippen molar-refractivity contribution >= 4 is 56.4 Å². The monoisotopic (exact) mass is 1160 g/mol. The summed E-state index contributed by atoms with van der Waals surface area (Å²) in [6.07, 6.45) is 8.66. The molecule has 20 nitrogen and oxygen atoms in total. The summed E-state index contributed by atoms with van der Waals surface area (Å²) in [6, 6.07) is 9.12. The van der Waals surface area contributed by atoms with E-state index in [1.807, 2.05) is 70.6 Å². The van der Waals surface area contributed by atoms with Crippen molar-refractivity contribution in [2.45, 2.75) is 151 Å². The molecule has 0 radical (unpaired) electrons. The summed E-state index contributed by atoms with van der Waals surface area (Å²) in [5.41, 5.74) is 0.386. The van der Waals surface area contributed by atoms with E-state index in [0.29, 0.717) is 45.4 Å². The number of esters is 1. The fourth-order valence-electron chi connectivity index (χ4n) is 10.2. The van der Waals surface area contributed by atoms with Gasteiger partial charge in [0.15, 0.2) is 31.6 Å². The number of hydrogen-bond donors (Lipinski definition) is 2. The number of ketones is 2. The van der Waals surface area contributed by atoms with Crippen LogP contribution in [0.1, 0.15) is 85.4 Å². The summed E-state index contributed by atoms with van der Waals surface area (Å²) in [4.78, 5) is 66.6. The molecule has 22 heteroatoms. The molecule has 2 fully saturated rings. The van der Waals surface area contributed by atoms with Crippen LogP contribution in [0.3, 0.4) is 0 Å². The lowest BCUT2D eigenvalue weighted by atomic mass is 9.74. The number of aliphatic hydroxyl groups excluding tert-OH is 1. The Balaban J connectivity index is 1.17. The molecule has 4 aromatic rings. The van der Waals surface area contributed by atoms with Crippen LogP contribution in [-0.4, -0.2) is 157 Å². The average Bonchev–Trinajstić information content (AvgIpc) is 4.05. The van der Waals surface area contributed by atoms with Gasteiger partial charge in [-0.1, -0.05) is 38.1 Å². The maximum Gasteiger partial charge on any atom is 0.317 e. The first-order valence-corrected chi connectivity index (χ1v) is 28.2. The van der Waals surface area contributed by atoms with Gasteiger partial charge < -0.3 is 43.6 Å². The molecule has 13 atom stereocenters. The number of rotatable bonds is 19. The minimum absolute atomic E-state index is 0.0691. The lowest BCUT2D eigenvalue weighted by Gasteiger charge is -2.47. The number of alkyl halides is 1. The minimum Gasteiger partial charge on any atom is -0.455 e. The third-order valence-corrected chi connectivity index (χ3v) is 17.4. The Morgan fingerprint density at radius 3 is 2.42 bits per heavy atom. The summed E-state index contributed by atoms with van der Waals surface area (Å²) in [5.74, 6) is -5.44. The molecule has 406 valence electrons. The van der Waals surface area contributed by atoms with Gasteiger partial charge in [0.2, 0.25) is 0 Å². The van der Waals surface area contributed by atoms with Gasteiger partial charge in [0.1, 0.15) is 17.8 Å². The number of nitrogens with zero attached hydrogens (tertiary/aromatic N) is 7. The van der Waals surface area contributed by atoms with Crippen molar-refractivity contribution in [2.75, 3.05) is 33.5 Å². The number of cyclic esters (lactones) is 1. The van der Waals surface area contributed by atoms with E-state index in [1.165, 1.54) is 14.0 Å². The van der Waals surface area contributed by atoms with E-state index in [9.17, 15) is 32.7 Å². The van der Waals surface area contributed by atoms with Crippen molar-refractivity contribution in [2.24, 2.45) is 23.7 Å². The third kappa shape index (κ3) is 14.3. The Kier molecular flexibility index (Phi) is 20.2. The number of unbranched alkanes of at least 4 members (excludes halogenated alkanes) is 1. The predicted molar refractivity (Wildman–Crippen MR) is 281 cm³/mol. The van der Waals surface area contributed by atoms with Crippen LogP contribution in [-0.2, 0) is 72.2 Å². The van der Waals surface area contributed by atoms with Crippen LogP contribution in [0, 0.1) is 23.7 Å². The molecule has 2 aliphatic rings. The van der Waals surface area contributed by atoms with E-state index >= 15 is 0 Å². The summed E-state index contributed by atoms with van der Waals surface area (Å²) in [5, 5.41) is 24.2. The number of Topliss-reactive ketones (excluding diaryl/α,β-unsaturated/α-hetero) is 2. The Labute approximate surface area is 448 Å². The summed E-state index contributed by atoms with van der Waals surface area (Å²) in [7, 11) is 0.0455. The molecule has 6 rings (SSSR count). The van der Waals surface area contributed by atoms with Crippen molar-refractivity contribution in [1.29, 1.82) is 0 Å². The number of halogens is 1. The standard InChI is InChI=1S/C52H73IN8O12S/c1-32-25-51(6,69-9)47(72-49-45(65)42(24-33(2)71-49)59(8)23-19-39-28-61(58-57-39)27-37-15-17-40(18-16-37)74(10,67)68)35(4)44(64)36(5)48(66)73-50(53)52(7,70-31-62)46(34(3)43(32)63)55-21-11-12-22-60-29-41(56-30-60)38-14-13-20-54-26-38/h13-18,20,26,28-36,42,45-47,49-50,55,65H,11-12,19,21-25,27H2,1-10H3/t32-,33-,34+,35+,36-,42+,45-,46-,47-,49+,50+,51-,52+/m1/s1. The SMILES string of the molecule is CO[C@]1(C)C[C@@H](C)C(=O)[C@H](C)[C@@H](NCCCCn2cnc(-c3cccnc3)c2)[C@](C)(OC=O)[C@@H](I)OC(=O)[C@H](C)C(=O)[C@H](C)[C@H]1O[C@@H]1O[C@H](C)C[C@H](N(C)CCc2cn(Cc3ccc(S(C)(=O)=O)cc3)nn2)[C@H]1O. The molecule has 74 heavy (non-hydrogen) atoms. The van der Waals surface area contributed by atoms with E-state index in [0.717, 1.165) is 35.2 Å². The van der Waals surface area contributed by atoms with Crippen molar-refractivity contribution in [3.63, 3.8) is 0 Å². The van der Waals surface area contributed by atoms with E-state index in [4.69, 9.17) is 23.7 Å². The topological polar surface area (TPSA) is 245 Å². The number of carbonyl (C=O) groups excluding carboxylic acids is 4. The smallest absolute Gasteiger partial charge is 0.317 e. The van der Waals surface area contributed by atoms with Crippen LogP contribution in [0.5, 0.6) is 0 Å². The second kappa shape index (κ2) is 25.5. The van der Waals surface area contributed by atoms with Crippen LogP contribution in [0.15, 0.2) is 72.4 Å². The van der Waals surface area contributed by atoms with Gasteiger partial charge in [-0.15, -0.1) is 5.10 Å². The molecule has 0 bridgehead atoms. The first kappa shape index (κ1) is 58.7. The zero-order valence-corrected chi connectivity index (χ0v) is 47.0. The first-order chi connectivity index (χ1) is 35.0. The van der Waals surface area contributed by atoms with Gasteiger partial charge in [-0.05, 0) is 119 Å². The van der Waals surface area contributed by atoms with Crippen molar-refractivity contribution in [3.05, 3.63) is 78.8 Å². The number of methoxy groups -OCH3 is 1. The Morgan fingerprint density at radius 2 is 1.76 bits per heavy atom. The molecule has 2 saturated heterocycles. The maximum atomic E-state index is 14.8. The Bertz CT molecular complexity index is 2620. The molecule has 0 aliphatic carbocycles. The van der Waals surface area contributed by atoms with Crippen molar-refractivity contribution in [3.8, 4) is 11.3 Å². The highest BCUT2D eigenvalue weighted by Gasteiger charge is 2.53. The number of pyridine rings is 1. The van der Waals surface area contributed by atoms with Gasteiger partial charge in [-0.2, -0.15) is 0 Å². The van der Waals surface area contributed by atoms with Crippen LogP contribution in [0.4, 0.5) is 0 Å². The molecule has 5 heterocycles. The highest BCUT2D eigenvalue weighted by Crippen LogP contribution is 2.39. The zero-order chi connectivity index (χ0) is 54.1. The largest absolute Gasteiger partial charge is 0.455 e. The zero-order valence-electron chi connectivity index (χ0n) is 44.0. The second-order valence-corrected chi connectivity index (χ2v) is 23.6. The number of likely N-dealkylation sites (N-methyl/N-ethyl adjacent to an activating group) is 1. The predicted octanol–water partition coefficient (Wildman–Crippen LogP) is 4.88. The molecule has 0 spiro atoms. The fourth-order valence-corrected chi connectivity index (χ4v) is 11.6. The van der Waals surface area contributed by atoms with Crippen LogP contribution in [0.25, 0.3) is 11.3 Å². The summed E-state index contributed by atoms with van der Waals surface area (Å²) < 4.78 is 57.5. The number of hydrogen-bond acceptors (Lipinski definition) is 18. The second-order valence-electron chi connectivity index (χ2n) is 20.5. The molecular weight excluding hydrogens is 1090 g/mol. The average molecular weight is 1160 g/mol. The molecular formula is C52H73IN8O12S. The lowest BCUT2D eigenvalue weighted by molar-refractivity contribution is -0.296. The van der Waals surface area contributed by atoms with E-state index in [2.05, 4.69) is 25.6 Å². The number of ether oxygens (including phenoxy) is 5. The van der Waals surface area contributed by atoms with Crippen LogP contribution < -0.4 is 5.32 Å². The molecule has 3 aromatic heterocycles. The van der Waals surface area contributed by atoms with Gasteiger partial charge in [0.25, 0.3) is 6.47 Å². The Morgan fingerprint density at radius 1 is 1.03 bits per heavy atom. The van der Waals surface area contributed by atoms with Gasteiger partial charge in [0.05, 0.1) is 53.0 Å². The van der Waals surface area contributed by atoms with Crippen LogP contribution in [0.2, 0.25) is 0 Å². The molecule has 0 unspecified atom stereocenters. The maximum absolute atomic E-state index is 14.8. The molecule has 2 N–H and O–H groups in total. The third-order valence-electron chi connectivity index (χ3n) is 14.7. The fraction of sp³-hybridized carbons (Fsp3) is 0.615. The van der Waals surface area contributed by atoms with Gasteiger partial charge in [0, 0.05) is 87.0 Å². The molecule has 2 aliphatic heterocycles. The highest BCUT2D eigenvalue weighted by atomic mass is 127. The van der Waals surface area contributed by atoms with Gasteiger partial charge in [-0.3, -0.25) is 24.2 Å². The summed E-state index contributed by atoms with van der Waals surface area (Å²) >= 11 is 1.89. The van der Waals surface area contributed by atoms with E-state index in [-0.39, 0.29) is 29.7 Å². The highest BCUT2D eigenvalue weighted by molar-refractivity contribution is 14.1. The van der Waals surface area contributed by atoms with E-state index < -0.39 is 91.2 Å². The molecule has 0 saturated carbocycles. The quantitative estimate of drug-likeness (QED) is 0.0317. The first-order valence-electron chi connectivity index (χ1n) is 25.1. The number of nitrogens with one attached hydrogen (secondary N) is 1. The van der Waals surface area contributed by atoms with Gasteiger partial charge >= 0.3 is 5.97 Å². The number of carbonyl (C=O) groups is 4.